The van der Waals surface area contributed by atoms with Crippen molar-refractivity contribution in [1.29, 1.82) is 0 Å². The Hall–Kier alpha value is -2.09. The predicted molar refractivity (Wildman–Crippen MR) is 73.6 cm³/mol. The predicted octanol–water partition coefficient (Wildman–Crippen LogP) is 1.99. The number of rotatable bonds is 4. The summed E-state index contributed by atoms with van der Waals surface area (Å²) in [4.78, 5) is 24.8. The Kier molecular flexibility index (Phi) is 4.93. The van der Waals surface area contributed by atoms with E-state index in [9.17, 15) is 27.9 Å². The number of carboxylic acid groups (broad SMARTS) is 1. The van der Waals surface area contributed by atoms with Crippen molar-refractivity contribution >= 4 is 11.9 Å². The fraction of sp³-hybridized carbons (Fsp3) is 0.467. The summed E-state index contributed by atoms with van der Waals surface area (Å²) in [5.74, 6) is -1.97. The molecule has 1 aromatic carbocycles. The molecule has 126 valence electrons. The minimum absolute atomic E-state index is 0.0334. The summed E-state index contributed by atoms with van der Waals surface area (Å²) in [6.07, 6.45) is -5.80. The second kappa shape index (κ2) is 6.57. The van der Waals surface area contributed by atoms with E-state index in [0.717, 1.165) is 16.0 Å². The fourth-order valence-corrected chi connectivity index (χ4v) is 2.50. The first-order valence-corrected chi connectivity index (χ1v) is 6.97. The van der Waals surface area contributed by atoms with Crippen LogP contribution in [0.5, 0.6) is 0 Å². The average Bonchev–Trinajstić information content (AvgIpc) is 2.49. The Bertz CT molecular complexity index is 603. The summed E-state index contributed by atoms with van der Waals surface area (Å²) < 4.78 is 41.1. The number of nitrogens with zero attached hydrogens (tertiary/aromatic N) is 1. The van der Waals surface area contributed by atoms with Gasteiger partial charge in [0.15, 0.2) is 0 Å². The first kappa shape index (κ1) is 17.3. The average molecular weight is 331 g/mol. The highest BCUT2D eigenvalue weighted by atomic mass is 19.4. The Morgan fingerprint density at radius 3 is 2.52 bits per heavy atom. The minimum atomic E-state index is -4.55. The second-order valence-corrected chi connectivity index (χ2v) is 5.36. The molecule has 0 saturated heterocycles. The number of benzene rings is 1. The first-order chi connectivity index (χ1) is 10.7. The molecule has 1 amide bonds. The van der Waals surface area contributed by atoms with E-state index in [2.05, 4.69) is 4.74 Å². The monoisotopic (exact) mass is 331 g/mol. The molecule has 0 saturated carbocycles. The maximum Gasteiger partial charge on any atom is 0.411 e. The number of aliphatic carboxylic acids is 1. The molecule has 2 rings (SSSR count). The molecule has 0 spiro atoms. The van der Waals surface area contributed by atoms with E-state index in [4.69, 9.17) is 0 Å². The van der Waals surface area contributed by atoms with E-state index < -0.39 is 36.8 Å². The summed E-state index contributed by atoms with van der Waals surface area (Å²) in [5.41, 5.74) is 1.59. The standard InChI is InChI=1S/C15H16F3NO4/c1-9(23-8-15(16,17)18)13(20)19-7-11-5-3-2-4-10(11)6-12(19)14(21)22/h2-5,9,12H,6-8H2,1H3,(H,21,22)/t9-,12+/m0/s1. The van der Waals surface area contributed by atoms with Gasteiger partial charge in [-0.15, -0.1) is 0 Å². The van der Waals surface area contributed by atoms with Crippen molar-refractivity contribution in [2.24, 2.45) is 0 Å². The Balaban J connectivity index is 2.15. The van der Waals surface area contributed by atoms with Crippen LogP contribution < -0.4 is 0 Å². The van der Waals surface area contributed by atoms with Crippen LogP contribution in [-0.2, 0) is 27.3 Å². The van der Waals surface area contributed by atoms with E-state index in [1.807, 2.05) is 0 Å². The number of hydrogen-bond donors (Lipinski definition) is 1. The Morgan fingerprint density at radius 2 is 1.96 bits per heavy atom. The van der Waals surface area contributed by atoms with Gasteiger partial charge < -0.3 is 14.7 Å². The molecular weight excluding hydrogens is 315 g/mol. The van der Waals surface area contributed by atoms with Crippen molar-refractivity contribution in [3.05, 3.63) is 35.4 Å². The van der Waals surface area contributed by atoms with Crippen molar-refractivity contribution in [3.8, 4) is 0 Å². The highest BCUT2D eigenvalue weighted by Crippen LogP contribution is 2.25. The van der Waals surface area contributed by atoms with Gasteiger partial charge in [-0.2, -0.15) is 13.2 Å². The van der Waals surface area contributed by atoms with Crippen molar-refractivity contribution < 1.29 is 32.6 Å². The van der Waals surface area contributed by atoms with Crippen molar-refractivity contribution in [3.63, 3.8) is 0 Å². The fourth-order valence-electron chi connectivity index (χ4n) is 2.50. The van der Waals surface area contributed by atoms with Gasteiger partial charge in [0.05, 0.1) is 0 Å². The maximum absolute atomic E-state index is 12.3. The molecule has 5 nitrogen and oxygen atoms in total. The molecule has 1 N–H and O–H groups in total. The molecule has 0 unspecified atom stereocenters. The smallest absolute Gasteiger partial charge is 0.411 e. The van der Waals surface area contributed by atoms with Gasteiger partial charge in [-0.1, -0.05) is 24.3 Å². The third kappa shape index (κ3) is 4.22. The lowest BCUT2D eigenvalue weighted by Gasteiger charge is -2.35. The van der Waals surface area contributed by atoms with E-state index in [-0.39, 0.29) is 13.0 Å². The zero-order chi connectivity index (χ0) is 17.2. The molecular formula is C15H16F3NO4. The van der Waals surface area contributed by atoms with Crippen LogP contribution in [0.15, 0.2) is 24.3 Å². The molecule has 0 radical (unpaired) electrons. The minimum Gasteiger partial charge on any atom is -0.480 e. The number of alkyl halides is 3. The quantitative estimate of drug-likeness (QED) is 0.916. The van der Waals surface area contributed by atoms with Gasteiger partial charge in [0.25, 0.3) is 5.91 Å². The van der Waals surface area contributed by atoms with Crippen LogP contribution in [0.25, 0.3) is 0 Å². The van der Waals surface area contributed by atoms with Crippen molar-refractivity contribution in [2.45, 2.75) is 38.2 Å². The number of hydrogen-bond acceptors (Lipinski definition) is 3. The zero-order valence-electron chi connectivity index (χ0n) is 12.3. The number of carboxylic acids is 1. The molecule has 0 bridgehead atoms. The summed E-state index contributed by atoms with van der Waals surface area (Å²) in [5, 5.41) is 9.31. The van der Waals surface area contributed by atoms with E-state index in [0.29, 0.717) is 0 Å². The molecule has 1 aliphatic heterocycles. The maximum atomic E-state index is 12.3. The van der Waals surface area contributed by atoms with E-state index in [1.54, 1.807) is 24.3 Å². The number of fused-ring (bicyclic) bond motifs is 1. The van der Waals surface area contributed by atoms with Crippen LogP contribution in [0, 0.1) is 0 Å². The number of carbonyl (C=O) groups is 2. The summed E-state index contributed by atoms with van der Waals surface area (Å²) in [7, 11) is 0. The molecule has 23 heavy (non-hydrogen) atoms. The summed E-state index contributed by atoms with van der Waals surface area (Å²) in [6, 6.07) is 5.94. The van der Waals surface area contributed by atoms with Crippen LogP contribution in [0.2, 0.25) is 0 Å². The molecule has 1 aliphatic rings. The number of carbonyl (C=O) groups excluding carboxylic acids is 1. The summed E-state index contributed by atoms with van der Waals surface area (Å²) >= 11 is 0. The third-order valence-corrected chi connectivity index (χ3v) is 3.66. The van der Waals surface area contributed by atoms with Gasteiger partial charge in [0, 0.05) is 13.0 Å². The Morgan fingerprint density at radius 1 is 1.35 bits per heavy atom. The van der Waals surface area contributed by atoms with Crippen LogP contribution in [0.3, 0.4) is 0 Å². The first-order valence-electron chi connectivity index (χ1n) is 6.97. The highest BCUT2D eigenvalue weighted by Gasteiger charge is 2.37. The topological polar surface area (TPSA) is 66.8 Å². The van der Waals surface area contributed by atoms with Gasteiger partial charge in [-0.25, -0.2) is 4.79 Å². The second-order valence-electron chi connectivity index (χ2n) is 5.36. The molecule has 0 fully saturated rings. The zero-order valence-corrected chi connectivity index (χ0v) is 12.3. The molecule has 2 atom stereocenters. The van der Waals surface area contributed by atoms with Crippen molar-refractivity contribution in [2.75, 3.05) is 6.61 Å². The third-order valence-electron chi connectivity index (χ3n) is 3.66. The van der Waals surface area contributed by atoms with Gasteiger partial charge in [-0.3, -0.25) is 4.79 Å². The number of amides is 1. The van der Waals surface area contributed by atoms with Gasteiger partial charge in [-0.05, 0) is 18.1 Å². The molecule has 0 aromatic heterocycles. The van der Waals surface area contributed by atoms with Gasteiger partial charge in [0.1, 0.15) is 18.8 Å². The normalized spacial score (nSPS) is 19.1. The lowest BCUT2D eigenvalue weighted by atomic mass is 9.93. The number of ether oxygens (including phenoxy) is 1. The largest absolute Gasteiger partial charge is 0.480 e. The lowest BCUT2D eigenvalue weighted by Crippen LogP contribution is -2.52. The van der Waals surface area contributed by atoms with Crippen molar-refractivity contribution in [1.82, 2.24) is 4.90 Å². The Labute approximate surface area is 130 Å². The SMILES string of the molecule is C[C@H](OCC(F)(F)F)C(=O)N1Cc2ccccc2C[C@@H]1C(=O)O. The van der Waals surface area contributed by atoms with E-state index in [1.165, 1.54) is 6.92 Å². The number of halogens is 3. The van der Waals surface area contributed by atoms with Crippen LogP contribution in [-0.4, -0.2) is 46.8 Å². The van der Waals surface area contributed by atoms with Gasteiger partial charge >= 0.3 is 12.1 Å². The van der Waals surface area contributed by atoms with Crippen LogP contribution >= 0.6 is 0 Å². The van der Waals surface area contributed by atoms with Crippen LogP contribution in [0.1, 0.15) is 18.1 Å². The van der Waals surface area contributed by atoms with Crippen LogP contribution in [0.4, 0.5) is 13.2 Å². The lowest BCUT2D eigenvalue weighted by molar-refractivity contribution is -0.190. The molecule has 0 aliphatic carbocycles. The highest BCUT2D eigenvalue weighted by molar-refractivity contribution is 5.87. The van der Waals surface area contributed by atoms with Gasteiger partial charge in [0.2, 0.25) is 0 Å². The molecule has 1 aromatic rings. The summed E-state index contributed by atoms with van der Waals surface area (Å²) in [6.45, 7) is -0.332. The molecule has 8 heteroatoms. The van der Waals surface area contributed by atoms with E-state index >= 15 is 0 Å². The molecule has 1 heterocycles.